The van der Waals surface area contributed by atoms with Crippen molar-refractivity contribution < 1.29 is 4.74 Å². The maximum Gasteiger partial charge on any atom is 0.225 e. The van der Waals surface area contributed by atoms with Crippen LogP contribution in [0.15, 0.2) is 12.4 Å². The highest BCUT2D eigenvalue weighted by molar-refractivity contribution is 5.31. The fourth-order valence-electron chi connectivity index (χ4n) is 2.38. The predicted molar refractivity (Wildman–Crippen MR) is 76.7 cm³/mol. The molecular weight excluding hydrogens is 240 g/mol. The molecule has 1 unspecified atom stereocenters. The zero-order valence-electron chi connectivity index (χ0n) is 11.9. The summed E-state index contributed by atoms with van der Waals surface area (Å²) in [4.78, 5) is 11.1. The van der Waals surface area contributed by atoms with Gasteiger partial charge in [0.25, 0.3) is 0 Å². The Morgan fingerprint density at radius 1 is 1.42 bits per heavy atom. The fraction of sp³-hybridized carbons (Fsp3) is 0.714. The van der Waals surface area contributed by atoms with Gasteiger partial charge in [-0.2, -0.15) is 0 Å². The number of rotatable bonds is 7. The molecule has 0 saturated carbocycles. The van der Waals surface area contributed by atoms with Gasteiger partial charge in [-0.15, -0.1) is 0 Å². The molecule has 1 aliphatic rings. The zero-order valence-corrected chi connectivity index (χ0v) is 11.9. The molecule has 1 aromatic rings. The molecule has 1 N–H and O–H groups in total. The van der Waals surface area contributed by atoms with E-state index >= 15 is 0 Å². The Morgan fingerprint density at radius 2 is 2.21 bits per heavy atom. The van der Waals surface area contributed by atoms with Gasteiger partial charge in [-0.05, 0) is 25.8 Å². The average molecular weight is 264 g/mol. The van der Waals surface area contributed by atoms with E-state index in [2.05, 4.69) is 27.1 Å². The summed E-state index contributed by atoms with van der Waals surface area (Å²) in [5.74, 6) is 1.51. The first-order valence-electron chi connectivity index (χ1n) is 7.18. The summed E-state index contributed by atoms with van der Waals surface area (Å²) in [6.07, 6.45) is 8.36. The number of hydrogen-bond acceptors (Lipinski definition) is 5. The van der Waals surface area contributed by atoms with E-state index in [1.54, 1.807) is 19.5 Å². The van der Waals surface area contributed by atoms with Crippen molar-refractivity contribution in [3.63, 3.8) is 0 Å². The van der Waals surface area contributed by atoms with E-state index in [1.165, 1.54) is 25.7 Å². The van der Waals surface area contributed by atoms with Crippen LogP contribution in [0, 0.1) is 0 Å². The van der Waals surface area contributed by atoms with Crippen LogP contribution in [-0.4, -0.2) is 42.8 Å². The van der Waals surface area contributed by atoms with Crippen molar-refractivity contribution in [1.82, 2.24) is 15.3 Å². The number of methoxy groups -OCH3 is 1. The highest BCUT2D eigenvalue weighted by Crippen LogP contribution is 2.15. The summed E-state index contributed by atoms with van der Waals surface area (Å²) < 4.78 is 5.11. The molecular formula is C14H24N4O. The van der Waals surface area contributed by atoms with Gasteiger partial charge in [0, 0.05) is 19.1 Å². The normalized spacial score (nSPS) is 18.5. The lowest BCUT2D eigenvalue weighted by Crippen LogP contribution is -2.39. The Hall–Kier alpha value is -1.36. The van der Waals surface area contributed by atoms with Gasteiger partial charge in [-0.1, -0.05) is 13.3 Å². The molecule has 1 fully saturated rings. The molecule has 19 heavy (non-hydrogen) atoms. The third kappa shape index (κ3) is 4.06. The standard InChI is InChI=1S/C14H24N4O/c1-3-4-8-18(11-12-6-5-7-15-12)14-16-9-13(19-2)10-17-14/h9-10,12,15H,3-8,11H2,1-2H3. The van der Waals surface area contributed by atoms with Crippen molar-refractivity contribution in [2.75, 3.05) is 31.6 Å². The van der Waals surface area contributed by atoms with E-state index in [0.29, 0.717) is 11.8 Å². The van der Waals surface area contributed by atoms with Crippen LogP contribution in [0.25, 0.3) is 0 Å². The summed E-state index contributed by atoms with van der Waals surface area (Å²) in [5, 5.41) is 3.53. The van der Waals surface area contributed by atoms with Gasteiger partial charge in [-0.3, -0.25) is 0 Å². The van der Waals surface area contributed by atoms with E-state index in [-0.39, 0.29) is 0 Å². The molecule has 0 aliphatic carbocycles. The van der Waals surface area contributed by atoms with E-state index in [1.807, 2.05) is 0 Å². The number of nitrogens with zero attached hydrogens (tertiary/aromatic N) is 3. The van der Waals surface area contributed by atoms with E-state index < -0.39 is 0 Å². The lowest BCUT2D eigenvalue weighted by molar-refractivity contribution is 0.410. The Balaban J connectivity index is 2.01. The van der Waals surface area contributed by atoms with Gasteiger partial charge in [-0.25, -0.2) is 9.97 Å². The van der Waals surface area contributed by atoms with Crippen LogP contribution in [-0.2, 0) is 0 Å². The van der Waals surface area contributed by atoms with Crippen LogP contribution < -0.4 is 15.0 Å². The molecule has 2 rings (SSSR count). The fourth-order valence-corrected chi connectivity index (χ4v) is 2.38. The molecule has 0 spiro atoms. The average Bonchev–Trinajstić information content (AvgIpc) is 2.96. The molecule has 1 atom stereocenters. The van der Waals surface area contributed by atoms with E-state index in [9.17, 15) is 0 Å². The monoisotopic (exact) mass is 264 g/mol. The number of aromatic nitrogens is 2. The molecule has 1 aliphatic heterocycles. The quantitative estimate of drug-likeness (QED) is 0.814. The van der Waals surface area contributed by atoms with Gasteiger partial charge in [0.2, 0.25) is 5.95 Å². The summed E-state index contributed by atoms with van der Waals surface area (Å²) in [6, 6.07) is 0.572. The third-order valence-corrected chi connectivity index (χ3v) is 3.52. The second-order valence-electron chi connectivity index (χ2n) is 5.02. The molecule has 0 amide bonds. The highest BCUT2D eigenvalue weighted by Gasteiger charge is 2.19. The molecule has 1 aromatic heterocycles. The molecule has 0 aromatic carbocycles. The number of hydrogen-bond donors (Lipinski definition) is 1. The van der Waals surface area contributed by atoms with Crippen molar-refractivity contribution in [2.24, 2.45) is 0 Å². The van der Waals surface area contributed by atoms with Crippen LogP contribution in [0.3, 0.4) is 0 Å². The van der Waals surface area contributed by atoms with Crippen LogP contribution >= 0.6 is 0 Å². The Bertz CT molecular complexity index is 362. The number of anilines is 1. The van der Waals surface area contributed by atoms with E-state index in [0.717, 1.165) is 25.6 Å². The molecule has 0 bridgehead atoms. The summed E-state index contributed by atoms with van der Waals surface area (Å²) in [6.45, 7) is 5.35. The second kappa shape index (κ2) is 7.28. The SMILES string of the molecule is CCCCN(CC1CCCN1)c1ncc(OC)cn1. The van der Waals surface area contributed by atoms with Crippen molar-refractivity contribution in [3.05, 3.63) is 12.4 Å². The summed E-state index contributed by atoms with van der Waals surface area (Å²) >= 11 is 0. The lowest BCUT2D eigenvalue weighted by Gasteiger charge is -2.25. The lowest BCUT2D eigenvalue weighted by atomic mass is 10.2. The van der Waals surface area contributed by atoms with Crippen molar-refractivity contribution in [3.8, 4) is 5.75 Å². The van der Waals surface area contributed by atoms with E-state index in [4.69, 9.17) is 4.74 Å². The smallest absolute Gasteiger partial charge is 0.225 e. The molecule has 106 valence electrons. The topological polar surface area (TPSA) is 50.3 Å². The van der Waals surface area contributed by atoms with Gasteiger partial charge in [0.1, 0.15) is 0 Å². The Morgan fingerprint density at radius 3 is 2.79 bits per heavy atom. The van der Waals surface area contributed by atoms with Crippen molar-refractivity contribution >= 4 is 5.95 Å². The first-order valence-corrected chi connectivity index (χ1v) is 7.18. The predicted octanol–water partition coefficient (Wildman–Crippen LogP) is 1.84. The largest absolute Gasteiger partial charge is 0.494 e. The van der Waals surface area contributed by atoms with Gasteiger partial charge < -0.3 is 15.0 Å². The third-order valence-electron chi connectivity index (χ3n) is 3.52. The first kappa shape index (κ1) is 14.1. The maximum atomic E-state index is 5.11. The first-order chi connectivity index (χ1) is 9.33. The summed E-state index contributed by atoms with van der Waals surface area (Å²) in [7, 11) is 1.63. The minimum Gasteiger partial charge on any atom is -0.494 e. The van der Waals surface area contributed by atoms with Crippen LogP contribution in [0.4, 0.5) is 5.95 Å². The number of nitrogens with one attached hydrogen (secondary N) is 1. The Labute approximate surface area is 115 Å². The van der Waals surface area contributed by atoms with Crippen LogP contribution in [0.1, 0.15) is 32.6 Å². The minimum atomic E-state index is 0.572. The molecule has 5 nitrogen and oxygen atoms in total. The summed E-state index contributed by atoms with van der Waals surface area (Å²) in [5.41, 5.74) is 0. The van der Waals surface area contributed by atoms with Crippen molar-refractivity contribution in [2.45, 2.75) is 38.6 Å². The molecule has 2 heterocycles. The molecule has 0 radical (unpaired) electrons. The van der Waals surface area contributed by atoms with Crippen molar-refractivity contribution in [1.29, 1.82) is 0 Å². The molecule has 5 heteroatoms. The second-order valence-corrected chi connectivity index (χ2v) is 5.02. The minimum absolute atomic E-state index is 0.572. The zero-order chi connectivity index (χ0) is 13.5. The van der Waals surface area contributed by atoms with Crippen LogP contribution in [0.2, 0.25) is 0 Å². The maximum absolute atomic E-state index is 5.11. The van der Waals surface area contributed by atoms with Gasteiger partial charge in [0.15, 0.2) is 5.75 Å². The van der Waals surface area contributed by atoms with Gasteiger partial charge in [0.05, 0.1) is 19.5 Å². The number of unbranched alkanes of at least 4 members (excludes halogenated alkanes) is 1. The molecule has 1 saturated heterocycles. The number of ether oxygens (including phenoxy) is 1. The van der Waals surface area contributed by atoms with Gasteiger partial charge >= 0.3 is 0 Å². The van der Waals surface area contributed by atoms with Crippen LogP contribution in [0.5, 0.6) is 5.75 Å². The highest BCUT2D eigenvalue weighted by atomic mass is 16.5. The Kier molecular flexibility index (Phi) is 5.39.